The van der Waals surface area contributed by atoms with E-state index in [9.17, 15) is 8.42 Å². The van der Waals surface area contributed by atoms with Gasteiger partial charge in [0.1, 0.15) is 4.90 Å². The van der Waals surface area contributed by atoms with Crippen LogP contribution >= 0.6 is 11.6 Å². The Hall–Kier alpha value is -2.13. The molecular weight excluding hydrogens is 320 g/mol. The van der Waals surface area contributed by atoms with Crippen molar-refractivity contribution in [3.05, 3.63) is 29.5 Å². The largest absolute Gasteiger partial charge is 0.481 e. The topological polar surface area (TPSA) is 103 Å². The number of anilines is 1. The van der Waals surface area contributed by atoms with Crippen molar-refractivity contribution >= 4 is 27.6 Å². The monoisotopic (exact) mass is 330 g/mol. The van der Waals surface area contributed by atoms with Gasteiger partial charge >= 0.3 is 0 Å². The van der Waals surface area contributed by atoms with Crippen LogP contribution in [0.15, 0.2) is 29.4 Å². The Morgan fingerprint density at radius 2 is 1.71 bits per heavy atom. The molecule has 1 N–H and O–H groups in total. The van der Waals surface area contributed by atoms with E-state index >= 15 is 0 Å². The maximum absolute atomic E-state index is 12.2. The Morgan fingerprint density at radius 1 is 1.10 bits per heavy atom. The van der Waals surface area contributed by atoms with Crippen LogP contribution in [-0.4, -0.2) is 37.6 Å². The van der Waals surface area contributed by atoms with Gasteiger partial charge in [-0.15, -0.1) is 0 Å². The summed E-state index contributed by atoms with van der Waals surface area (Å²) >= 11 is 5.72. The van der Waals surface area contributed by atoms with Crippen molar-refractivity contribution in [2.45, 2.75) is 4.90 Å². The minimum Gasteiger partial charge on any atom is -0.481 e. The molecule has 0 aliphatic heterocycles. The molecule has 2 heterocycles. The van der Waals surface area contributed by atoms with Crippen molar-refractivity contribution in [3.8, 4) is 11.8 Å². The molecule has 0 aromatic carbocycles. The lowest BCUT2D eigenvalue weighted by Gasteiger charge is -2.09. The fourth-order valence-electron chi connectivity index (χ4n) is 1.38. The second kappa shape index (κ2) is 6.10. The first-order valence-electron chi connectivity index (χ1n) is 5.55. The molecule has 0 amide bonds. The average molecular weight is 331 g/mol. The van der Waals surface area contributed by atoms with Crippen LogP contribution in [0.2, 0.25) is 5.02 Å². The molecular formula is C11H11ClN4O4S. The van der Waals surface area contributed by atoms with Gasteiger partial charge in [-0.2, -0.15) is 9.97 Å². The third kappa shape index (κ3) is 3.70. The van der Waals surface area contributed by atoms with Crippen molar-refractivity contribution in [2.24, 2.45) is 0 Å². The number of ether oxygens (including phenoxy) is 2. The molecule has 8 nitrogen and oxygen atoms in total. The Bertz CT molecular complexity index is 731. The molecule has 0 atom stereocenters. The van der Waals surface area contributed by atoms with Gasteiger partial charge in [-0.3, -0.25) is 4.98 Å². The quantitative estimate of drug-likeness (QED) is 0.882. The van der Waals surface area contributed by atoms with Gasteiger partial charge in [0.25, 0.3) is 10.0 Å². The lowest BCUT2D eigenvalue weighted by molar-refractivity contribution is 0.373. The molecule has 0 unspecified atom stereocenters. The molecule has 0 radical (unpaired) electrons. The van der Waals surface area contributed by atoms with Crippen molar-refractivity contribution < 1.29 is 17.9 Å². The van der Waals surface area contributed by atoms with Crippen molar-refractivity contribution in [2.75, 3.05) is 18.9 Å². The zero-order valence-corrected chi connectivity index (χ0v) is 12.6. The van der Waals surface area contributed by atoms with Crippen LogP contribution in [-0.2, 0) is 10.0 Å². The van der Waals surface area contributed by atoms with E-state index in [4.69, 9.17) is 21.1 Å². The predicted molar refractivity (Wildman–Crippen MR) is 75.2 cm³/mol. The summed E-state index contributed by atoms with van der Waals surface area (Å²) in [7, 11) is -1.14. The van der Waals surface area contributed by atoms with Gasteiger partial charge in [-0.05, 0) is 6.07 Å². The maximum Gasteiger partial charge on any atom is 0.265 e. The number of halogens is 1. The van der Waals surface area contributed by atoms with E-state index in [1.165, 1.54) is 32.5 Å². The number of hydrogen-bond acceptors (Lipinski definition) is 7. The fraction of sp³-hybridized carbons (Fsp3) is 0.182. The third-order valence-corrected chi connectivity index (χ3v) is 3.82. The molecule has 10 heteroatoms. The third-order valence-electron chi connectivity index (χ3n) is 2.31. The highest BCUT2D eigenvalue weighted by Gasteiger charge is 2.18. The van der Waals surface area contributed by atoms with E-state index < -0.39 is 10.0 Å². The zero-order chi connectivity index (χ0) is 15.5. The van der Waals surface area contributed by atoms with Crippen LogP contribution < -0.4 is 14.2 Å². The first-order chi connectivity index (χ1) is 9.94. The van der Waals surface area contributed by atoms with Gasteiger partial charge in [-0.1, -0.05) is 11.6 Å². The highest BCUT2D eigenvalue weighted by Crippen LogP contribution is 2.20. The summed E-state index contributed by atoms with van der Waals surface area (Å²) in [4.78, 5) is 11.4. The number of hydrogen-bond donors (Lipinski definition) is 1. The highest BCUT2D eigenvalue weighted by molar-refractivity contribution is 7.92. The maximum atomic E-state index is 12.2. The van der Waals surface area contributed by atoms with Crippen LogP contribution in [0.5, 0.6) is 11.8 Å². The van der Waals surface area contributed by atoms with Gasteiger partial charge in [0.15, 0.2) is 0 Å². The lowest BCUT2D eigenvalue weighted by atomic mass is 10.5. The second-order valence-corrected chi connectivity index (χ2v) is 5.84. The smallest absolute Gasteiger partial charge is 0.265 e. The molecule has 112 valence electrons. The first-order valence-corrected chi connectivity index (χ1v) is 7.41. The number of methoxy groups -OCH3 is 2. The summed E-state index contributed by atoms with van der Waals surface area (Å²) in [5.74, 6) is 0.124. The number of nitrogens with zero attached hydrogens (tertiary/aromatic N) is 3. The Labute approximate surface area is 126 Å². The molecule has 0 saturated carbocycles. The Morgan fingerprint density at radius 3 is 2.24 bits per heavy atom. The second-order valence-electron chi connectivity index (χ2n) is 3.72. The summed E-state index contributed by atoms with van der Waals surface area (Å²) in [6.07, 6.45) is 2.48. The summed E-state index contributed by atoms with van der Waals surface area (Å²) in [6, 6.07) is 2.67. The van der Waals surface area contributed by atoms with Crippen molar-refractivity contribution in [1.82, 2.24) is 15.0 Å². The molecule has 2 rings (SSSR count). The predicted octanol–water partition coefficient (Wildman–Crippen LogP) is 1.34. The molecule has 0 fully saturated rings. The molecule has 0 bridgehead atoms. The highest BCUT2D eigenvalue weighted by atomic mass is 35.5. The average Bonchev–Trinajstić information content (AvgIpc) is 2.46. The summed E-state index contributed by atoms with van der Waals surface area (Å²) in [5, 5.41) is 0.196. The first kappa shape index (κ1) is 15.3. The van der Waals surface area contributed by atoms with Gasteiger partial charge < -0.3 is 9.47 Å². The standard InChI is InChI=1S/C11H11ClN4O4S/c1-19-9-4-10(20-2)15-11(14-9)16-21(17,18)8-3-7(12)5-13-6-8/h3-6H,1-2H3,(H,14,15,16). The minimum absolute atomic E-state index is 0.111. The van der Waals surface area contributed by atoms with Crippen LogP contribution in [0.3, 0.4) is 0 Å². The van der Waals surface area contributed by atoms with E-state index in [1.807, 2.05) is 0 Å². The van der Waals surface area contributed by atoms with Crippen molar-refractivity contribution in [3.63, 3.8) is 0 Å². The normalized spacial score (nSPS) is 11.0. The lowest BCUT2D eigenvalue weighted by Crippen LogP contribution is -2.15. The Kier molecular flexibility index (Phi) is 4.43. The zero-order valence-electron chi connectivity index (χ0n) is 11.1. The molecule has 0 saturated heterocycles. The number of aromatic nitrogens is 3. The van der Waals surface area contributed by atoms with Crippen molar-refractivity contribution in [1.29, 1.82) is 0 Å². The van der Waals surface area contributed by atoms with Gasteiger partial charge in [0.2, 0.25) is 17.7 Å². The van der Waals surface area contributed by atoms with Gasteiger partial charge in [0, 0.05) is 12.4 Å². The van der Waals surface area contributed by atoms with E-state index in [1.54, 1.807) is 0 Å². The molecule has 0 aliphatic carbocycles. The summed E-state index contributed by atoms with van der Waals surface area (Å²) < 4.78 is 36.4. The van der Waals surface area contributed by atoms with E-state index in [2.05, 4.69) is 19.7 Å². The summed E-state index contributed by atoms with van der Waals surface area (Å²) in [6.45, 7) is 0. The molecule has 0 aliphatic rings. The minimum atomic E-state index is -3.92. The molecule has 2 aromatic rings. The van der Waals surface area contributed by atoms with E-state index in [0.29, 0.717) is 0 Å². The molecule has 2 aromatic heterocycles. The molecule has 0 spiro atoms. The number of sulfonamides is 1. The van der Waals surface area contributed by atoms with E-state index in [0.717, 1.165) is 6.20 Å². The van der Waals surface area contributed by atoms with Crippen LogP contribution in [0.4, 0.5) is 5.95 Å². The summed E-state index contributed by atoms with van der Waals surface area (Å²) in [5.41, 5.74) is 0. The number of rotatable bonds is 5. The SMILES string of the molecule is COc1cc(OC)nc(NS(=O)(=O)c2cncc(Cl)c2)n1. The molecule has 21 heavy (non-hydrogen) atoms. The number of nitrogens with one attached hydrogen (secondary N) is 1. The van der Waals surface area contributed by atoms with Gasteiger partial charge in [-0.25, -0.2) is 13.1 Å². The number of pyridine rings is 1. The van der Waals surface area contributed by atoms with Crippen LogP contribution in [0.1, 0.15) is 0 Å². The van der Waals surface area contributed by atoms with Gasteiger partial charge in [0.05, 0.1) is 25.3 Å². The fourth-order valence-corrected chi connectivity index (χ4v) is 2.55. The van der Waals surface area contributed by atoms with Crippen LogP contribution in [0.25, 0.3) is 0 Å². The Balaban J connectivity index is 2.36. The van der Waals surface area contributed by atoms with Crippen LogP contribution in [0, 0.1) is 0 Å². The van der Waals surface area contributed by atoms with E-state index in [-0.39, 0.29) is 27.6 Å².